The van der Waals surface area contributed by atoms with Crippen LogP contribution in [0.15, 0.2) is 33.7 Å². The van der Waals surface area contributed by atoms with Gasteiger partial charge in [0.05, 0.1) is 10.9 Å². The van der Waals surface area contributed by atoms with E-state index in [-0.39, 0.29) is 36.2 Å². The van der Waals surface area contributed by atoms with Gasteiger partial charge in [0, 0.05) is 54.5 Å². The van der Waals surface area contributed by atoms with Crippen LogP contribution in [-0.4, -0.2) is 89.5 Å². The lowest BCUT2D eigenvalue weighted by Gasteiger charge is -2.34. The first-order chi connectivity index (χ1) is 19.6. The van der Waals surface area contributed by atoms with E-state index < -0.39 is 27.9 Å². The van der Waals surface area contributed by atoms with Gasteiger partial charge in [-0.1, -0.05) is 23.4 Å². The molecule has 2 saturated heterocycles. The van der Waals surface area contributed by atoms with Crippen molar-refractivity contribution in [1.29, 1.82) is 0 Å². The minimum Gasteiger partial charge on any atom is -0.350 e. The number of nitrogens with zero attached hydrogens (tertiary/aromatic N) is 4. The highest BCUT2D eigenvalue weighted by Gasteiger charge is 2.35. The number of carbonyl (C=O) groups excluding carboxylic acids is 3. The Morgan fingerprint density at radius 2 is 1.95 bits per heavy atom. The average Bonchev–Trinajstić information content (AvgIpc) is 3.70. The number of likely N-dealkylation sites (tertiary alicyclic amines) is 2. The number of carbonyl (C=O) groups is 3. The highest BCUT2D eigenvalue weighted by atomic mass is 35.5. The first-order valence-corrected chi connectivity index (χ1v) is 16.9. The Morgan fingerprint density at radius 3 is 2.73 bits per heavy atom. The van der Waals surface area contributed by atoms with E-state index in [9.17, 15) is 27.6 Å². The molecule has 0 bridgehead atoms. The summed E-state index contributed by atoms with van der Waals surface area (Å²) >= 11 is 8.58. The van der Waals surface area contributed by atoms with Crippen molar-refractivity contribution in [2.75, 3.05) is 31.9 Å². The fraction of sp³-hybridized carbons (Fsp3) is 0.480. The number of thiophene rings is 1. The summed E-state index contributed by atoms with van der Waals surface area (Å²) in [6.07, 6.45) is 4.98. The lowest BCUT2D eigenvalue weighted by Crippen LogP contribution is -2.55. The molecule has 2 aromatic rings. The lowest BCUT2D eigenvalue weighted by molar-refractivity contribution is -0.143. The standard InChI is InChI=1S/C25H29ClN6O6S3/c26-20-6-5-17(40-20)7-12-41(37,38)29-19-4-2-8-30(24(19)36)15-21(33)31-9-1-3-16(31)13-27-22(34)18-14-28-25-32(23(18)35)10-11-39-25/h5-7,12,14,16,19,29H,1-4,8-11,13,15H2,(H,27,34)/b12-7+/t16-,19+/m1/s1. The fourth-order valence-electron chi connectivity index (χ4n) is 5.13. The maximum atomic E-state index is 13.2. The molecule has 5 heterocycles. The number of thioether (sulfide) groups is 1. The van der Waals surface area contributed by atoms with Crippen LogP contribution in [-0.2, 0) is 26.2 Å². The minimum absolute atomic E-state index is 0.0337. The molecule has 220 valence electrons. The Bertz CT molecular complexity index is 1540. The predicted molar refractivity (Wildman–Crippen MR) is 156 cm³/mol. The second-order valence-electron chi connectivity index (χ2n) is 9.92. The van der Waals surface area contributed by atoms with E-state index in [0.29, 0.717) is 53.3 Å². The van der Waals surface area contributed by atoms with E-state index in [1.165, 1.54) is 44.8 Å². The Morgan fingerprint density at radius 1 is 1.15 bits per heavy atom. The van der Waals surface area contributed by atoms with Gasteiger partial charge in [-0.05, 0) is 43.9 Å². The van der Waals surface area contributed by atoms with Crippen molar-refractivity contribution in [3.05, 3.63) is 48.9 Å². The summed E-state index contributed by atoms with van der Waals surface area (Å²) in [7, 11) is -3.90. The van der Waals surface area contributed by atoms with Gasteiger partial charge in [-0.25, -0.2) is 13.4 Å². The van der Waals surface area contributed by atoms with Crippen LogP contribution in [0.3, 0.4) is 0 Å². The molecule has 3 aliphatic rings. The number of aromatic nitrogens is 2. The van der Waals surface area contributed by atoms with Crippen LogP contribution >= 0.6 is 34.7 Å². The molecule has 2 fully saturated rings. The smallest absolute Gasteiger partial charge is 0.267 e. The summed E-state index contributed by atoms with van der Waals surface area (Å²) < 4.78 is 29.6. The molecule has 0 saturated carbocycles. The normalized spacial score (nSPS) is 21.0. The third-order valence-corrected chi connectivity index (χ3v) is 10.4. The average molecular weight is 641 g/mol. The van der Waals surface area contributed by atoms with Crippen molar-refractivity contribution in [3.63, 3.8) is 0 Å². The number of sulfonamides is 1. The zero-order chi connectivity index (χ0) is 29.1. The van der Waals surface area contributed by atoms with Gasteiger partial charge >= 0.3 is 0 Å². The van der Waals surface area contributed by atoms with E-state index >= 15 is 0 Å². The summed E-state index contributed by atoms with van der Waals surface area (Å²) in [5.41, 5.74) is -0.411. The largest absolute Gasteiger partial charge is 0.350 e. The molecule has 3 amide bonds. The van der Waals surface area contributed by atoms with Crippen molar-refractivity contribution in [1.82, 2.24) is 29.4 Å². The molecule has 0 aromatic carbocycles. The Hall–Kier alpha value is -2.72. The molecular formula is C25H29ClN6O6S3. The van der Waals surface area contributed by atoms with Crippen LogP contribution in [0.25, 0.3) is 6.08 Å². The van der Waals surface area contributed by atoms with Crippen molar-refractivity contribution >= 4 is 68.5 Å². The van der Waals surface area contributed by atoms with Gasteiger partial charge in [-0.3, -0.25) is 23.7 Å². The highest BCUT2D eigenvalue weighted by molar-refractivity contribution is 7.99. The van der Waals surface area contributed by atoms with Gasteiger partial charge in [0.1, 0.15) is 11.6 Å². The number of fused-ring (bicyclic) bond motifs is 1. The quantitative estimate of drug-likeness (QED) is 0.390. The van der Waals surface area contributed by atoms with Crippen LogP contribution in [0, 0.1) is 0 Å². The van der Waals surface area contributed by atoms with Gasteiger partial charge < -0.3 is 15.1 Å². The Kier molecular flexibility index (Phi) is 9.18. The summed E-state index contributed by atoms with van der Waals surface area (Å²) in [5, 5.41) is 4.37. The molecule has 41 heavy (non-hydrogen) atoms. The third kappa shape index (κ3) is 7.02. The molecule has 2 N–H and O–H groups in total. The van der Waals surface area contributed by atoms with Gasteiger partial charge in [-0.2, -0.15) is 4.72 Å². The molecule has 0 unspecified atom stereocenters. The molecular weight excluding hydrogens is 612 g/mol. The predicted octanol–water partition coefficient (Wildman–Crippen LogP) is 1.37. The molecule has 3 aliphatic heterocycles. The van der Waals surface area contributed by atoms with Gasteiger partial charge in [0.15, 0.2) is 5.16 Å². The van der Waals surface area contributed by atoms with E-state index in [1.54, 1.807) is 17.0 Å². The fourth-order valence-corrected chi connectivity index (χ4v) is 8.11. The number of piperidine rings is 1. The Labute approximate surface area is 250 Å². The maximum Gasteiger partial charge on any atom is 0.267 e. The van der Waals surface area contributed by atoms with Crippen molar-refractivity contribution in [2.45, 2.75) is 49.5 Å². The van der Waals surface area contributed by atoms with Crippen LogP contribution in [0.4, 0.5) is 0 Å². The second-order valence-corrected chi connectivity index (χ2v) is 14.3. The van der Waals surface area contributed by atoms with Crippen molar-refractivity contribution < 1.29 is 22.8 Å². The molecule has 0 radical (unpaired) electrons. The molecule has 5 rings (SSSR count). The number of nitrogens with one attached hydrogen (secondary N) is 2. The van der Waals surface area contributed by atoms with E-state index in [2.05, 4.69) is 15.0 Å². The number of hydrogen-bond acceptors (Lipinski definition) is 9. The molecule has 0 spiro atoms. The van der Waals surface area contributed by atoms with Crippen molar-refractivity contribution in [3.8, 4) is 0 Å². The van der Waals surface area contributed by atoms with Gasteiger partial charge in [-0.15, -0.1) is 11.3 Å². The lowest BCUT2D eigenvalue weighted by atomic mass is 10.1. The molecule has 0 aliphatic carbocycles. The number of rotatable bonds is 9. The monoisotopic (exact) mass is 640 g/mol. The van der Waals surface area contributed by atoms with Crippen LogP contribution in [0.1, 0.15) is 40.9 Å². The SMILES string of the molecule is O=C(NC[C@H]1CCCN1C(=O)CN1CCC[C@H](NS(=O)(=O)/C=C/c2ccc(Cl)s2)C1=O)c1cnc2n(c1=O)CCS2. The van der Waals surface area contributed by atoms with Crippen LogP contribution in [0.5, 0.6) is 0 Å². The summed E-state index contributed by atoms with van der Waals surface area (Å²) in [6, 6.07) is 2.11. The zero-order valence-electron chi connectivity index (χ0n) is 22.0. The maximum absolute atomic E-state index is 13.2. The first kappa shape index (κ1) is 29.8. The van der Waals surface area contributed by atoms with E-state index in [0.717, 1.165) is 17.6 Å². The zero-order valence-corrected chi connectivity index (χ0v) is 25.2. The molecule has 2 atom stereocenters. The summed E-state index contributed by atoms with van der Waals surface area (Å²) in [5.74, 6) is -0.524. The number of hydrogen-bond donors (Lipinski definition) is 2. The number of halogens is 1. The number of amides is 3. The second kappa shape index (κ2) is 12.7. The van der Waals surface area contributed by atoms with Gasteiger partial charge in [0.25, 0.3) is 11.5 Å². The highest BCUT2D eigenvalue weighted by Crippen LogP contribution is 2.23. The molecule has 2 aromatic heterocycles. The first-order valence-electron chi connectivity index (χ1n) is 13.2. The minimum atomic E-state index is -3.90. The van der Waals surface area contributed by atoms with Gasteiger partial charge in [0.2, 0.25) is 21.8 Å². The third-order valence-electron chi connectivity index (χ3n) is 7.17. The summed E-state index contributed by atoms with van der Waals surface area (Å²) in [4.78, 5) is 59.6. The van der Waals surface area contributed by atoms with Crippen molar-refractivity contribution in [2.24, 2.45) is 0 Å². The van der Waals surface area contributed by atoms with E-state index in [4.69, 9.17) is 11.6 Å². The van der Waals surface area contributed by atoms with Crippen LogP contribution in [0.2, 0.25) is 4.34 Å². The summed E-state index contributed by atoms with van der Waals surface area (Å²) in [6.45, 7) is 1.32. The Balaban J connectivity index is 1.15. The topological polar surface area (TPSA) is 151 Å². The molecule has 12 nitrogen and oxygen atoms in total. The molecule has 16 heteroatoms. The van der Waals surface area contributed by atoms with Crippen LogP contribution < -0.4 is 15.6 Å². The van der Waals surface area contributed by atoms with E-state index in [1.807, 2.05) is 0 Å².